The number of H-pyrrole nitrogens is 1. The highest BCUT2D eigenvalue weighted by molar-refractivity contribution is 6.05. The smallest absolute Gasteiger partial charge is 0.409 e. The van der Waals surface area contributed by atoms with Gasteiger partial charge in [-0.2, -0.15) is 5.21 Å². The van der Waals surface area contributed by atoms with Gasteiger partial charge in [0.25, 0.3) is 0 Å². The Morgan fingerprint density at radius 2 is 1.86 bits per heavy atom. The number of hydrogen-bond donors (Lipinski definition) is 6. The molecule has 0 unspecified atom stereocenters. The van der Waals surface area contributed by atoms with Crippen LogP contribution in [0.1, 0.15) is 37.2 Å². The van der Waals surface area contributed by atoms with E-state index < -0.39 is 42.4 Å². The highest BCUT2D eigenvalue weighted by Crippen LogP contribution is 2.34. The first kappa shape index (κ1) is 30.6. The quantitative estimate of drug-likeness (QED) is 0.175. The van der Waals surface area contributed by atoms with E-state index in [2.05, 4.69) is 41.9 Å². The highest BCUT2D eigenvalue weighted by atomic mass is 16.4. The molecule has 1 aliphatic heterocycles. The van der Waals surface area contributed by atoms with Crippen LogP contribution >= 0.6 is 0 Å². The Kier molecular flexibility index (Phi) is 9.98. The van der Waals surface area contributed by atoms with Gasteiger partial charge in [-0.3, -0.25) is 29.4 Å². The molecule has 1 aromatic heterocycles. The fourth-order valence-electron chi connectivity index (χ4n) is 4.78. The molecule has 15 heteroatoms. The van der Waals surface area contributed by atoms with E-state index in [4.69, 9.17) is 5.11 Å². The summed E-state index contributed by atoms with van der Waals surface area (Å²) in [6.07, 6.45) is -0.446. The van der Waals surface area contributed by atoms with E-state index in [9.17, 15) is 24.0 Å². The number of nitrogens with zero attached hydrogens (tertiary/aromatic N) is 4. The van der Waals surface area contributed by atoms with Gasteiger partial charge in [-0.1, -0.05) is 55.8 Å². The summed E-state index contributed by atoms with van der Waals surface area (Å²) in [5, 5.41) is 32.8. The van der Waals surface area contributed by atoms with Crippen LogP contribution in [0.2, 0.25) is 0 Å². The number of hydrogen-bond acceptors (Lipinski definition) is 8. The fraction of sp³-hybridized carbons (Fsp3) is 0.357. The zero-order valence-corrected chi connectivity index (χ0v) is 23.7. The normalized spacial score (nSPS) is 15.1. The van der Waals surface area contributed by atoms with Crippen molar-refractivity contribution in [3.05, 3.63) is 65.5 Å². The molecule has 2 heterocycles. The van der Waals surface area contributed by atoms with Gasteiger partial charge in [0, 0.05) is 17.8 Å². The summed E-state index contributed by atoms with van der Waals surface area (Å²) in [7, 11) is 0. The average Bonchev–Trinajstić information content (AvgIpc) is 3.65. The number of carbonyl (C=O) groups excluding carboxylic acids is 4. The molecule has 3 aromatic rings. The van der Waals surface area contributed by atoms with Crippen molar-refractivity contribution in [1.29, 1.82) is 0 Å². The van der Waals surface area contributed by atoms with Crippen molar-refractivity contribution >= 4 is 41.1 Å². The lowest BCUT2D eigenvalue weighted by Crippen LogP contribution is -2.54. The fourth-order valence-corrected chi connectivity index (χ4v) is 4.78. The molecule has 0 saturated carbocycles. The van der Waals surface area contributed by atoms with Gasteiger partial charge in [-0.15, -0.1) is 10.2 Å². The SMILES string of the molecule is CC[C@H](C)[C@H](NC(=O)Cc1ccccc1)C(=O)NCC(=O)N1c2ccc(NC(=O)O)cc2C[C@H]1C(=O)NCc1nn[nH]n1. The van der Waals surface area contributed by atoms with Gasteiger partial charge in [0.15, 0.2) is 5.82 Å². The first-order chi connectivity index (χ1) is 20.7. The predicted octanol–water partition coefficient (Wildman–Crippen LogP) is 0.754. The van der Waals surface area contributed by atoms with Gasteiger partial charge in [0.2, 0.25) is 23.6 Å². The van der Waals surface area contributed by atoms with E-state index in [-0.39, 0.29) is 42.7 Å². The molecule has 1 aliphatic rings. The van der Waals surface area contributed by atoms with Gasteiger partial charge in [0.1, 0.15) is 12.1 Å². The molecule has 6 N–H and O–H groups in total. The molecule has 0 bridgehead atoms. The van der Waals surface area contributed by atoms with Crippen LogP contribution in [0.15, 0.2) is 48.5 Å². The van der Waals surface area contributed by atoms with E-state index in [1.165, 1.54) is 11.0 Å². The summed E-state index contributed by atoms with van der Waals surface area (Å²) >= 11 is 0. The molecule has 0 spiro atoms. The van der Waals surface area contributed by atoms with Crippen molar-refractivity contribution in [2.45, 2.75) is 51.7 Å². The van der Waals surface area contributed by atoms with Gasteiger partial charge in [-0.05, 0) is 35.2 Å². The number of tetrazole rings is 1. The second kappa shape index (κ2) is 14.0. The third-order valence-corrected chi connectivity index (χ3v) is 7.13. The number of nitrogens with one attached hydrogen (secondary N) is 5. The van der Waals surface area contributed by atoms with E-state index in [1.54, 1.807) is 12.1 Å². The number of aromatic amines is 1. The molecule has 0 fully saturated rings. The van der Waals surface area contributed by atoms with Crippen molar-refractivity contribution < 1.29 is 29.1 Å². The third-order valence-electron chi connectivity index (χ3n) is 7.13. The molecule has 226 valence electrons. The lowest BCUT2D eigenvalue weighted by atomic mass is 9.98. The van der Waals surface area contributed by atoms with Crippen LogP contribution in [-0.2, 0) is 38.6 Å². The number of carbonyl (C=O) groups is 5. The minimum absolute atomic E-state index is 0.0357. The van der Waals surface area contributed by atoms with E-state index in [0.29, 0.717) is 17.7 Å². The molecule has 3 atom stereocenters. The zero-order chi connectivity index (χ0) is 30.9. The second-order valence-electron chi connectivity index (χ2n) is 10.1. The Morgan fingerprint density at radius 3 is 2.53 bits per heavy atom. The zero-order valence-electron chi connectivity index (χ0n) is 23.7. The average molecular weight is 592 g/mol. The monoisotopic (exact) mass is 591 g/mol. The van der Waals surface area contributed by atoms with Crippen molar-refractivity contribution in [1.82, 2.24) is 36.6 Å². The Labute approximate surface area is 246 Å². The Bertz CT molecular complexity index is 1460. The molecular weight excluding hydrogens is 558 g/mol. The molecule has 0 radical (unpaired) electrons. The van der Waals surface area contributed by atoms with Crippen LogP contribution in [0, 0.1) is 5.92 Å². The maximum absolute atomic E-state index is 13.5. The third kappa shape index (κ3) is 7.90. The van der Waals surface area contributed by atoms with Gasteiger partial charge < -0.3 is 21.1 Å². The number of fused-ring (bicyclic) bond motifs is 1. The molecule has 0 aliphatic carbocycles. The molecule has 0 saturated heterocycles. The van der Waals surface area contributed by atoms with Crippen molar-refractivity contribution in [3.63, 3.8) is 0 Å². The summed E-state index contributed by atoms with van der Waals surface area (Å²) in [5.74, 6) is -1.89. The first-order valence-electron chi connectivity index (χ1n) is 13.7. The molecule has 5 amide bonds. The predicted molar refractivity (Wildman–Crippen MR) is 154 cm³/mol. The maximum atomic E-state index is 13.5. The number of aromatic nitrogens is 4. The van der Waals surface area contributed by atoms with Gasteiger partial charge in [-0.25, -0.2) is 4.79 Å². The van der Waals surface area contributed by atoms with Crippen molar-refractivity contribution in [2.24, 2.45) is 5.92 Å². The van der Waals surface area contributed by atoms with Crippen LogP contribution in [0.3, 0.4) is 0 Å². The highest BCUT2D eigenvalue weighted by Gasteiger charge is 2.39. The molecular formula is C28H33N9O6. The number of benzene rings is 2. The summed E-state index contributed by atoms with van der Waals surface area (Å²) in [4.78, 5) is 65.1. The molecule has 4 rings (SSSR count). The van der Waals surface area contributed by atoms with Crippen LogP contribution in [0.5, 0.6) is 0 Å². The summed E-state index contributed by atoms with van der Waals surface area (Å²) < 4.78 is 0. The van der Waals surface area contributed by atoms with E-state index >= 15 is 0 Å². The second-order valence-corrected chi connectivity index (χ2v) is 10.1. The lowest BCUT2D eigenvalue weighted by molar-refractivity contribution is -0.131. The number of rotatable bonds is 12. The standard InChI is InChI=1S/C28H33N9O6/c1-3-16(2)25(32-23(38)11-17-7-5-4-6-8-17)27(41)30-15-24(39)37-20-10-9-19(31-28(42)43)12-18(20)13-21(37)26(40)29-14-22-33-35-36-34-22/h4-10,12,16,21,25,31H,3,11,13-15H2,1-2H3,(H,29,40)(H,30,41)(H,32,38)(H,42,43)(H,33,34,35,36)/t16-,21-,25-/m0/s1. The maximum Gasteiger partial charge on any atom is 0.409 e. The van der Waals surface area contributed by atoms with E-state index in [0.717, 1.165) is 5.56 Å². The molecule has 2 aromatic carbocycles. The Hall–Kier alpha value is -5.34. The number of anilines is 2. The van der Waals surface area contributed by atoms with Crippen molar-refractivity contribution in [2.75, 3.05) is 16.8 Å². The molecule has 43 heavy (non-hydrogen) atoms. The topological polar surface area (TPSA) is 211 Å². The lowest BCUT2D eigenvalue weighted by Gasteiger charge is -2.27. The Morgan fingerprint density at radius 1 is 1.09 bits per heavy atom. The van der Waals surface area contributed by atoms with Gasteiger partial charge >= 0.3 is 6.09 Å². The largest absolute Gasteiger partial charge is 0.465 e. The van der Waals surface area contributed by atoms with Crippen molar-refractivity contribution in [3.8, 4) is 0 Å². The van der Waals surface area contributed by atoms with Crippen LogP contribution < -0.4 is 26.2 Å². The summed E-state index contributed by atoms with van der Waals surface area (Å²) in [5.41, 5.74) is 2.06. The summed E-state index contributed by atoms with van der Waals surface area (Å²) in [6, 6.07) is 11.8. The summed E-state index contributed by atoms with van der Waals surface area (Å²) in [6.45, 7) is 3.25. The first-order valence-corrected chi connectivity index (χ1v) is 13.7. The Balaban J connectivity index is 1.47. The molecule has 15 nitrogen and oxygen atoms in total. The number of amides is 5. The van der Waals surface area contributed by atoms with Crippen LogP contribution in [-0.4, -0.2) is 74.1 Å². The van der Waals surface area contributed by atoms with Crippen LogP contribution in [0.4, 0.5) is 16.2 Å². The minimum atomic E-state index is -1.25. The van der Waals surface area contributed by atoms with Crippen LogP contribution in [0.25, 0.3) is 0 Å². The number of carboxylic acid groups (broad SMARTS) is 1. The van der Waals surface area contributed by atoms with Gasteiger partial charge in [0.05, 0.1) is 19.5 Å². The minimum Gasteiger partial charge on any atom is -0.465 e. The van der Waals surface area contributed by atoms with E-state index in [1.807, 2.05) is 44.2 Å².